The fraction of sp³-hybridized carbons (Fsp3) is 0.615. The van der Waals surface area contributed by atoms with Gasteiger partial charge in [0.25, 0.3) is 0 Å². The van der Waals surface area contributed by atoms with E-state index in [1.54, 1.807) is 6.07 Å². The van der Waals surface area contributed by atoms with Crippen LogP contribution in [0.5, 0.6) is 0 Å². The Bertz CT molecular complexity index is 456. The fourth-order valence-corrected chi connectivity index (χ4v) is 2.78. The van der Waals surface area contributed by atoms with Crippen molar-refractivity contribution in [1.29, 1.82) is 0 Å². The van der Waals surface area contributed by atoms with Gasteiger partial charge < -0.3 is 11.1 Å². The quantitative estimate of drug-likeness (QED) is 0.772. The number of carbonyl (C=O) groups is 1. The standard InChI is InChI=1S/C13H20ClN5O/c1-9-6-11(14)18-13(17-9)8-19(7-12(15)20)10-2-4-16-5-3-10/h6,10,16H,2-5,7-8H2,1H3,(H2,15,20). The monoisotopic (exact) mass is 297 g/mol. The molecular weight excluding hydrogens is 278 g/mol. The Morgan fingerprint density at radius 3 is 2.80 bits per heavy atom. The molecule has 0 saturated carbocycles. The molecule has 7 heteroatoms. The molecule has 1 aliphatic heterocycles. The van der Waals surface area contributed by atoms with E-state index in [1.807, 2.05) is 11.8 Å². The number of aromatic nitrogens is 2. The number of halogens is 1. The summed E-state index contributed by atoms with van der Waals surface area (Å²) < 4.78 is 0. The Hall–Kier alpha value is -1.24. The molecule has 20 heavy (non-hydrogen) atoms. The van der Waals surface area contributed by atoms with Gasteiger partial charge in [0.05, 0.1) is 13.1 Å². The molecular formula is C13H20ClN5O. The summed E-state index contributed by atoms with van der Waals surface area (Å²) in [6, 6.07) is 2.04. The maximum absolute atomic E-state index is 11.3. The summed E-state index contributed by atoms with van der Waals surface area (Å²) in [5.74, 6) is 0.303. The van der Waals surface area contributed by atoms with Crippen molar-refractivity contribution in [1.82, 2.24) is 20.2 Å². The van der Waals surface area contributed by atoms with Gasteiger partial charge in [0.15, 0.2) is 0 Å². The van der Waals surface area contributed by atoms with Crippen molar-refractivity contribution in [2.45, 2.75) is 32.4 Å². The van der Waals surface area contributed by atoms with Crippen molar-refractivity contribution in [3.63, 3.8) is 0 Å². The molecule has 6 nitrogen and oxygen atoms in total. The summed E-state index contributed by atoms with van der Waals surface area (Å²) in [4.78, 5) is 21.9. The van der Waals surface area contributed by atoms with E-state index >= 15 is 0 Å². The molecule has 2 heterocycles. The van der Waals surface area contributed by atoms with Gasteiger partial charge in [-0.15, -0.1) is 0 Å². The third kappa shape index (κ3) is 4.40. The van der Waals surface area contributed by atoms with E-state index in [0.29, 0.717) is 23.6 Å². The number of piperidine rings is 1. The minimum Gasteiger partial charge on any atom is -0.369 e. The molecule has 1 fully saturated rings. The van der Waals surface area contributed by atoms with Crippen LogP contribution in [0, 0.1) is 6.92 Å². The topological polar surface area (TPSA) is 84.1 Å². The average Bonchev–Trinajstić information content (AvgIpc) is 2.37. The maximum Gasteiger partial charge on any atom is 0.231 e. The molecule has 1 aliphatic rings. The fourth-order valence-electron chi connectivity index (χ4n) is 2.53. The van der Waals surface area contributed by atoms with E-state index in [2.05, 4.69) is 15.3 Å². The molecule has 0 atom stereocenters. The number of primary amides is 1. The van der Waals surface area contributed by atoms with Gasteiger partial charge in [0.1, 0.15) is 11.0 Å². The lowest BCUT2D eigenvalue weighted by molar-refractivity contribution is -0.120. The summed E-state index contributed by atoms with van der Waals surface area (Å²) in [7, 11) is 0. The number of carbonyl (C=O) groups excluding carboxylic acids is 1. The SMILES string of the molecule is Cc1cc(Cl)nc(CN(CC(N)=O)C2CCNCC2)n1. The predicted molar refractivity (Wildman–Crippen MR) is 77.3 cm³/mol. The summed E-state index contributed by atoms with van der Waals surface area (Å²) in [6.07, 6.45) is 1.99. The lowest BCUT2D eigenvalue weighted by Gasteiger charge is -2.33. The van der Waals surface area contributed by atoms with E-state index in [1.165, 1.54) is 0 Å². The highest BCUT2D eigenvalue weighted by Crippen LogP contribution is 2.15. The number of amides is 1. The Kier molecular flexibility index (Phi) is 5.28. The van der Waals surface area contributed by atoms with E-state index in [4.69, 9.17) is 17.3 Å². The number of nitrogens with two attached hydrogens (primary N) is 1. The highest BCUT2D eigenvalue weighted by atomic mass is 35.5. The summed E-state index contributed by atoms with van der Waals surface area (Å²) in [5.41, 5.74) is 6.17. The molecule has 110 valence electrons. The van der Waals surface area contributed by atoms with Crippen LogP contribution in [0.4, 0.5) is 0 Å². The Labute approximate surface area is 123 Å². The predicted octanol–water partition coefficient (Wildman–Crippen LogP) is 0.478. The largest absolute Gasteiger partial charge is 0.369 e. The maximum atomic E-state index is 11.3. The normalized spacial score (nSPS) is 16.6. The van der Waals surface area contributed by atoms with E-state index in [9.17, 15) is 4.79 Å². The minimum absolute atomic E-state index is 0.222. The number of aryl methyl sites for hydroxylation is 1. The summed E-state index contributed by atoms with van der Waals surface area (Å²) >= 11 is 5.95. The molecule has 1 amide bonds. The van der Waals surface area contributed by atoms with Crippen LogP contribution in [0.25, 0.3) is 0 Å². The first-order chi connectivity index (χ1) is 9.54. The minimum atomic E-state index is -0.331. The van der Waals surface area contributed by atoms with Crippen LogP contribution in [-0.2, 0) is 11.3 Å². The van der Waals surface area contributed by atoms with Crippen LogP contribution in [0.1, 0.15) is 24.4 Å². The van der Waals surface area contributed by atoms with Crippen molar-refractivity contribution < 1.29 is 4.79 Å². The van der Waals surface area contributed by atoms with Gasteiger partial charge in [-0.1, -0.05) is 11.6 Å². The molecule has 0 radical (unpaired) electrons. The van der Waals surface area contributed by atoms with Crippen molar-refractivity contribution in [3.8, 4) is 0 Å². The molecule has 0 unspecified atom stereocenters. The van der Waals surface area contributed by atoms with Crippen LogP contribution < -0.4 is 11.1 Å². The Morgan fingerprint density at radius 1 is 1.50 bits per heavy atom. The first-order valence-electron chi connectivity index (χ1n) is 6.77. The van der Waals surface area contributed by atoms with E-state index < -0.39 is 0 Å². The van der Waals surface area contributed by atoms with Gasteiger partial charge in [-0.25, -0.2) is 9.97 Å². The molecule has 3 N–H and O–H groups in total. The van der Waals surface area contributed by atoms with E-state index in [-0.39, 0.29) is 12.5 Å². The zero-order chi connectivity index (χ0) is 14.5. The highest BCUT2D eigenvalue weighted by molar-refractivity contribution is 6.29. The first-order valence-corrected chi connectivity index (χ1v) is 7.15. The van der Waals surface area contributed by atoms with Gasteiger partial charge >= 0.3 is 0 Å². The molecule has 0 aromatic carbocycles. The molecule has 0 bridgehead atoms. The van der Waals surface area contributed by atoms with Crippen LogP contribution in [0.2, 0.25) is 5.15 Å². The van der Waals surface area contributed by atoms with E-state index in [0.717, 1.165) is 31.6 Å². The van der Waals surface area contributed by atoms with Crippen molar-refractivity contribution in [2.24, 2.45) is 5.73 Å². The first kappa shape index (κ1) is 15.2. The van der Waals surface area contributed by atoms with Gasteiger partial charge in [-0.05, 0) is 38.9 Å². The van der Waals surface area contributed by atoms with Crippen LogP contribution >= 0.6 is 11.6 Å². The van der Waals surface area contributed by atoms with Gasteiger partial charge in [0.2, 0.25) is 5.91 Å². The molecule has 1 aromatic heterocycles. The second-order valence-corrected chi connectivity index (χ2v) is 5.49. The molecule has 1 aromatic rings. The number of rotatable bonds is 5. The van der Waals surface area contributed by atoms with Gasteiger partial charge in [-0.3, -0.25) is 9.69 Å². The summed E-state index contributed by atoms with van der Waals surface area (Å²) in [5, 5.41) is 3.74. The lowest BCUT2D eigenvalue weighted by atomic mass is 10.0. The second kappa shape index (κ2) is 6.97. The third-order valence-corrected chi connectivity index (χ3v) is 3.59. The molecule has 2 rings (SSSR count). The average molecular weight is 298 g/mol. The number of hydrogen-bond acceptors (Lipinski definition) is 5. The third-order valence-electron chi connectivity index (χ3n) is 3.40. The lowest BCUT2D eigenvalue weighted by Crippen LogP contribution is -2.46. The van der Waals surface area contributed by atoms with Crippen LogP contribution in [0.15, 0.2) is 6.07 Å². The molecule has 1 saturated heterocycles. The van der Waals surface area contributed by atoms with Crippen molar-refractivity contribution >= 4 is 17.5 Å². The van der Waals surface area contributed by atoms with Crippen LogP contribution in [-0.4, -0.2) is 46.5 Å². The summed E-state index contributed by atoms with van der Waals surface area (Å²) in [6.45, 7) is 4.50. The van der Waals surface area contributed by atoms with Gasteiger partial charge in [0, 0.05) is 11.7 Å². The zero-order valence-corrected chi connectivity index (χ0v) is 12.4. The highest BCUT2D eigenvalue weighted by Gasteiger charge is 2.23. The van der Waals surface area contributed by atoms with Crippen molar-refractivity contribution in [3.05, 3.63) is 22.7 Å². The smallest absolute Gasteiger partial charge is 0.231 e. The zero-order valence-electron chi connectivity index (χ0n) is 11.6. The number of hydrogen-bond donors (Lipinski definition) is 2. The van der Waals surface area contributed by atoms with Gasteiger partial charge in [-0.2, -0.15) is 0 Å². The molecule has 0 spiro atoms. The number of nitrogens with one attached hydrogen (secondary N) is 1. The number of nitrogens with zero attached hydrogens (tertiary/aromatic N) is 3. The second-order valence-electron chi connectivity index (χ2n) is 5.10. The van der Waals surface area contributed by atoms with Crippen LogP contribution in [0.3, 0.4) is 0 Å². The van der Waals surface area contributed by atoms with Crippen molar-refractivity contribution in [2.75, 3.05) is 19.6 Å². The molecule has 0 aliphatic carbocycles. The Balaban J connectivity index is 2.11. The Morgan fingerprint density at radius 2 is 2.20 bits per heavy atom.